The molecule has 2 N–H and O–H groups in total. The molecule has 128 valence electrons. The number of carbonyl (C=O) groups is 1. The highest BCUT2D eigenvalue weighted by Crippen LogP contribution is 2.31. The van der Waals surface area contributed by atoms with E-state index in [0.29, 0.717) is 5.69 Å². The van der Waals surface area contributed by atoms with Crippen molar-refractivity contribution < 1.29 is 17.9 Å². The third-order valence-electron chi connectivity index (χ3n) is 2.89. The van der Waals surface area contributed by atoms with E-state index in [1.54, 1.807) is 13.0 Å². The van der Waals surface area contributed by atoms with Gasteiger partial charge in [-0.05, 0) is 43.3 Å². The van der Waals surface area contributed by atoms with Crippen LogP contribution in [0.5, 0.6) is 0 Å². The minimum Gasteiger partial charge on any atom is -0.450 e. The van der Waals surface area contributed by atoms with Crippen molar-refractivity contribution in [3.63, 3.8) is 0 Å². The van der Waals surface area contributed by atoms with Crippen molar-refractivity contribution in [2.75, 3.05) is 16.6 Å². The Balaban J connectivity index is 2.19. The van der Waals surface area contributed by atoms with Crippen LogP contribution >= 0.6 is 23.2 Å². The standard InChI is InChI=1S/C15H14Cl2N2O4S/c1-2-23-15(20)18-10-6-8-11(9-7-10)24(21,22)19-14-12(16)4-3-5-13(14)17/h3-9,19H,2H2,1H3,(H,18,20). The average Bonchev–Trinajstić information content (AvgIpc) is 2.52. The predicted octanol–water partition coefficient (Wildman–Crippen LogP) is 4.36. The number of para-hydroxylation sites is 1. The van der Waals surface area contributed by atoms with Crippen LogP contribution < -0.4 is 10.0 Å². The molecule has 0 aromatic heterocycles. The molecule has 0 saturated carbocycles. The topological polar surface area (TPSA) is 84.5 Å². The number of hydrogen-bond donors (Lipinski definition) is 2. The normalized spacial score (nSPS) is 11.0. The number of nitrogens with one attached hydrogen (secondary N) is 2. The Kier molecular flexibility index (Phi) is 5.93. The van der Waals surface area contributed by atoms with Gasteiger partial charge in [-0.3, -0.25) is 10.0 Å². The summed E-state index contributed by atoms with van der Waals surface area (Å²) in [6, 6.07) is 10.2. The molecule has 2 rings (SSSR count). The van der Waals surface area contributed by atoms with Crippen molar-refractivity contribution in [3.05, 3.63) is 52.5 Å². The summed E-state index contributed by atoms with van der Waals surface area (Å²) in [5.41, 5.74) is 0.512. The zero-order valence-electron chi connectivity index (χ0n) is 12.5. The van der Waals surface area contributed by atoms with E-state index in [2.05, 4.69) is 10.0 Å². The van der Waals surface area contributed by atoms with E-state index in [9.17, 15) is 13.2 Å². The predicted molar refractivity (Wildman–Crippen MR) is 94.4 cm³/mol. The van der Waals surface area contributed by atoms with E-state index < -0.39 is 16.1 Å². The van der Waals surface area contributed by atoms with Gasteiger partial charge in [-0.1, -0.05) is 29.3 Å². The first-order valence-corrected chi connectivity index (χ1v) is 9.08. The smallest absolute Gasteiger partial charge is 0.411 e. The summed E-state index contributed by atoms with van der Waals surface area (Å²) in [4.78, 5) is 11.3. The van der Waals surface area contributed by atoms with Crippen LogP contribution in [0.3, 0.4) is 0 Å². The van der Waals surface area contributed by atoms with E-state index in [1.165, 1.54) is 36.4 Å². The minimum absolute atomic E-state index is 0.00658. The lowest BCUT2D eigenvalue weighted by atomic mass is 10.3. The lowest BCUT2D eigenvalue weighted by Gasteiger charge is -2.12. The number of hydrogen-bond acceptors (Lipinski definition) is 4. The molecule has 6 nitrogen and oxygen atoms in total. The van der Waals surface area contributed by atoms with E-state index in [0.717, 1.165) is 0 Å². The van der Waals surface area contributed by atoms with Crippen LogP contribution in [0.4, 0.5) is 16.2 Å². The number of rotatable bonds is 5. The zero-order chi connectivity index (χ0) is 17.7. The number of benzene rings is 2. The van der Waals surface area contributed by atoms with Gasteiger partial charge in [-0.15, -0.1) is 0 Å². The first kappa shape index (κ1) is 18.4. The highest BCUT2D eigenvalue weighted by molar-refractivity contribution is 7.92. The Morgan fingerprint density at radius 3 is 2.21 bits per heavy atom. The van der Waals surface area contributed by atoms with Gasteiger partial charge in [0.2, 0.25) is 0 Å². The molecule has 0 aliphatic heterocycles. The highest BCUT2D eigenvalue weighted by atomic mass is 35.5. The molecule has 0 aliphatic carbocycles. The van der Waals surface area contributed by atoms with Crippen molar-refractivity contribution in [1.29, 1.82) is 0 Å². The molecule has 0 radical (unpaired) electrons. The number of ether oxygens (including phenoxy) is 1. The monoisotopic (exact) mass is 388 g/mol. The molecular weight excluding hydrogens is 375 g/mol. The lowest BCUT2D eigenvalue weighted by Crippen LogP contribution is -2.15. The van der Waals surface area contributed by atoms with E-state index in [-0.39, 0.29) is 27.2 Å². The van der Waals surface area contributed by atoms with Crippen LogP contribution in [0.25, 0.3) is 0 Å². The summed E-state index contributed by atoms with van der Waals surface area (Å²) >= 11 is 11.9. The Labute approximate surface area is 149 Å². The molecule has 0 fully saturated rings. The van der Waals surface area contributed by atoms with Gasteiger partial charge in [-0.2, -0.15) is 0 Å². The van der Waals surface area contributed by atoms with Gasteiger partial charge in [0.25, 0.3) is 10.0 Å². The molecule has 0 spiro atoms. The first-order valence-electron chi connectivity index (χ1n) is 6.84. The van der Waals surface area contributed by atoms with E-state index in [4.69, 9.17) is 27.9 Å². The van der Waals surface area contributed by atoms with Gasteiger partial charge in [0, 0.05) is 5.69 Å². The van der Waals surface area contributed by atoms with Crippen LogP contribution in [0.15, 0.2) is 47.4 Å². The van der Waals surface area contributed by atoms with Gasteiger partial charge >= 0.3 is 6.09 Å². The van der Waals surface area contributed by atoms with Gasteiger partial charge in [0.15, 0.2) is 0 Å². The molecule has 9 heteroatoms. The maximum Gasteiger partial charge on any atom is 0.411 e. The van der Waals surface area contributed by atoms with Crippen molar-refractivity contribution in [3.8, 4) is 0 Å². The van der Waals surface area contributed by atoms with Crippen molar-refractivity contribution in [2.45, 2.75) is 11.8 Å². The molecule has 2 aromatic rings. The number of halogens is 2. The molecule has 1 amide bonds. The fraction of sp³-hybridized carbons (Fsp3) is 0.133. The molecule has 0 saturated heterocycles. The average molecular weight is 389 g/mol. The molecule has 24 heavy (non-hydrogen) atoms. The van der Waals surface area contributed by atoms with Crippen molar-refractivity contribution >= 4 is 50.7 Å². The summed E-state index contributed by atoms with van der Waals surface area (Å²) in [5.74, 6) is 0. The molecule has 0 bridgehead atoms. The van der Waals surface area contributed by atoms with Crippen LogP contribution in [0.1, 0.15) is 6.92 Å². The van der Waals surface area contributed by atoms with Gasteiger partial charge in [0.05, 0.1) is 27.2 Å². The largest absolute Gasteiger partial charge is 0.450 e. The van der Waals surface area contributed by atoms with Crippen LogP contribution in [0, 0.1) is 0 Å². The molecular formula is C15H14Cl2N2O4S. The molecule has 0 atom stereocenters. The van der Waals surface area contributed by atoms with Crippen LogP contribution in [0.2, 0.25) is 10.0 Å². The summed E-state index contributed by atoms with van der Waals surface area (Å²) in [6.45, 7) is 1.92. The first-order chi connectivity index (χ1) is 11.3. The van der Waals surface area contributed by atoms with Gasteiger partial charge < -0.3 is 4.74 Å². The van der Waals surface area contributed by atoms with Crippen molar-refractivity contribution in [2.24, 2.45) is 0 Å². The fourth-order valence-electron chi connectivity index (χ4n) is 1.79. The van der Waals surface area contributed by atoms with E-state index >= 15 is 0 Å². The minimum atomic E-state index is -3.88. The Morgan fingerprint density at radius 2 is 1.67 bits per heavy atom. The Morgan fingerprint density at radius 1 is 1.08 bits per heavy atom. The SMILES string of the molecule is CCOC(=O)Nc1ccc(S(=O)(=O)Nc2c(Cl)cccc2Cl)cc1. The third-order valence-corrected chi connectivity index (χ3v) is 4.88. The summed E-state index contributed by atoms with van der Waals surface area (Å²) in [5, 5.41) is 2.84. The van der Waals surface area contributed by atoms with Gasteiger partial charge in [0.1, 0.15) is 0 Å². The Bertz CT molecular complexity index is 819. The van der Waals surface area contributed by atoms with Crippen LogP contribution in [-0.4, -0.2) is 21.1 Å². The summed E-state index contributed by atoms with van der Waals surface area (Å²) < 4.78 is 31.9. The number of amides is 1. The molecule has 0 aliphatic rings. The number of carbonyl (C=O) groups excluding carboxylic acids is 1. The zero-order valence-corrected chi connectivity index (χ0v) is 14.9. The molecule has 2 aromatic carbocycles. The third kappa shape index (κ3) is 4.53. The highest BCUT2D eigenvalue weighted by Gasteiger charge is 2.17. The number of sulfonamides is 1. The summed E-state index contributed by atoms with van der Waals surface area (Å²) in [7, 11) is -3.88. The second-order valence-corrected chi connectivity index (χ2v) is 7.07. The molecule has 0 unspecified atom stereocenters. The molecule has 0 heterocycles. The maximum atomic E-state index is 12.4. The van der Waals surface area contributed by atoms with Gasteiger partial charge in [-0.25, -0.2) is 13.2 Å². The summed E-state index contributed by atoms with van der Waals surface area (Å²) in [6.07, 6.45) is -0.617. The number of anilines is 2. The van der Waals surface area contributed by atoms with Crippen molar-refractivity contribution in [1.82, 2.24) is 0 Å². The quantitative estimate of drug-likeness (QED) is 0.796. The second kappa shape index (κ2) is 7.74. The fourth-order valence-corrected chi connectivity index (χ4v) is 3.50. The Hall–Kier alpha value is -1.96. The second-order valence-electron chi connectivity index (χ2n) is 4.57. The van der Waals surface area contributed by atoms with Crippen LogP contribution in [-0.2, 0) is 14.8 Å². The van der Waals surface area contributed by atoms with E-state index in [1.807, 2.05) is 0 Å². The maximum absolute atomic E-state index is 12.4. The lowest BCUT2D eigenvalue weighted by molar-refractivity contribution is 0.168.